The van der Waals surface area contributed by atoms with Gasteiger partial charge in [0.05, 0.1) is 11.3 Å². The molecule has 2 rings (SSSR count). The largest absolute Gasteiger partial charge is 0.418 e. The van der Waals surface area contributed by atoms with Gasteiger partial charge in [-0.05, 0) is 42.5 Å². The van der Waals surface area contributed by atoms with Gasteiger partial charge in [0.2, 0.25) is 5.91 Å². The van der Waals surface area contributed by atoms with Crippen molar-refractivity contribution < 1.29 is 22.8 Å². The molecule has 3 N–H and O–H groups in total. The number of hydrogen-bond acceptors (Lipinski definition) is 4. The Bertz CT molecular complexity index is 996. The molecule has 0 saturated heterocycles. The zero-order valence-corrected chi connectivity index (χ0v) is 15.7. The number of nitrogens with zero attached hydrogens (tertiary/aromatic N) is 1. The number of carbonyl (C=O) groups is 2. The Morgan fingerprint density at radius 3 is 2.17 bits per heavy atom. The average molecular weight is 423 g/mol. The minimum atomic E-state index is -4.67. The van der Waals surface area contributed by atoms with Crippen molar-refractivity contribution in [2.75, 3.05) is 16.0 Å². The van der Waals surface area contributed by atoms with Gasteiger partial charge >= 0.3 is 6.18 Å². The molecule has 10 heteroatoms. The number of benzene rings is 2. The highest BCUT2D eigenvalue weighted by atomic mass is 35.5. The molecule has 0 radical (unpaired) electrons. The van der Waals surface area contributed by atoms with Gasteiger partial charge in [0.1, 0.15) is 11.6 Å². The van der Waals surface area contributed by atoms with Crippen LogP contribution >= 0.6 is 11.6 Å². The van der Waals surface area contributed by atoms with E-state index < -0.39 is 23.2 Å². The molecule has 0 aliphatic rings. The van der Waals surface area contributed by atoms with Gasteiger partial charge < -0.3 is 16.0 Å². The van der Waals surface area contributed by atoms with Crippen molar-refractivity contribution in [3.05, 3.63) is 64.8 Å². The molecule has 0 aliphatic carbocycles. The maximum atomic E-state index is 13.1. The van der Waals surface area contributed by atoms with Crippen molar-refractivity contribution in [2.24, 2.45) is 0 Å². The van der Waals surface area contributed by atoms with Crippen molar-refractivity contribution in [1.82, 2.24) is 0 Å². The molecule has 29 heavy (non-hydrogen) atoms. The number of amides is 2. The Labute approximate surface area is 169 Å². The molecule has 0 saturated carbocycles. The number of carbonyl (C=O) groups excluding carboxylic acids is 2. The van der Waals surface area contributed by atoms with Crippen molar-refractivity contribution in [1.29, 1.82) is 5.26 Å². The fourth-order valence-electron chi connectivity index (χ4n) is 2.21. The van der Waals surface area contributed by atoms with Crippen LogP contribution in [0.15, 0.2) is 54.2 Å². The Balaban J connectivity index is 2.15. The van der Waals surface area contributed by atoms with E-state index >= 15 is 0 Å². The van der Waals surface area contributed by atoms with Crippen LogP contribution in [0, 0.1) is 11.3 Å². The first-order chi connectivity index (χ1) is 13.6. The average Bonchev–Trinajstić information content (AvgIpc) is 2.63. The van der Waals surface area contributed by atoms with Gasteiger partial charge in [-0.1, -0.05) is 11.6 Å². The zero-order chi connectivity index (χ0) is 21.6. The Morgan fingerprint density at radius 1 is 1.07 bits per heavy atom. The molecule has 0 aromatic heterocycles. The molecule has 2 aromatic rings. The van der Waals surface area contributed by atoms with Crippen LogP contribution in [0.2, 0.25) is 5.02 Å². The van der Waals surface area contributed by atoms with E-state index in [1.54, 1.807) is 6.07 Å². The minimum Gasteiger partial charge on any atom is -0.360 e. The Morgan fingerprint density at radius 2 is 1.66 bits per heavy atom. The third-order valence-electron chi connectivity index (χ3n) is 3.49. The molecule has 0 heterocycles. The normalized spacial score (nSPS) is 11.4. The lowest BCUT2D eigenvalue weighted by Crippen LogP contribution is -2.15. The number of hydrogen-bond donors (Lipinski definition) is 3. The molecule has 0 bridgehead atoms. The first kappa shape index (κ1) is 21.8. The van der Waals surface area contributed by atoms with Gasteiger partial charge in [0.25, 0.3) is 5.91 Å². The summed E-state index contributed by atoms with van der Waals surface area (Å²) in [5.74, 6) is -1.09. The van der Waals surface area contributed by atoms with Gasteiger partial charge in [0, 0.05) is 29.5 Å². The predicted molar refractivity (Wildman–Crippen MR) is 103 cm³/mol. The Hall–Kier alpha value is -3.51. The minimum absolute atomic E-state index is 0.104. The van der Waals surface area contributed by atoms with E-state index in [4.69, 9.17) is 16.9 Å². The first-order valence-corrected chi connectivity index (χ1v) is 8.40. The zero-order valence-electron chi connectivity index (χ0n) is 14.9. The topological polar surface area (TPSA) is 94.0 Å². The first-order valence-electron chi connectivity index (χ1n) is 8.02. The third kappa shape index (κ3) is 6.26. The summed E-state index contributed by atoms with van der Waals surface area (Å²) < 4.78 is 39.3. The summed E-state index contributed by atoms with van der Waals surface area (Å²) in [4.78, 5) is 23.2. The summed E-state index contributed by atoms with van der Waals surface area (Å²) in [5.41, 5.74) is -1.00. The molecule has 6 nitrogen and oxygen atoms in total. The van der Waals surface area contributed by atoms with Crippen LogP contribution < -0.4 is 16.0 Å². The van der Waals surface area contributed by atoms with Crippen molar-refractivity contribution in [3.8, 4) is 6.07 Å². The van der Waals surface area contributed by atoms with Crippen molar-refractivity contribution in [2.45, 2.75) is 13.1 Å². The van der Waals surface area contributed by atoms with Crippen molar-refractivity contribution in [3.63, 3.8) is 0 Å². The number of alkyl halides is 3. The quantitative estimate of drug-likeness (QED) is 0.477. The summed E-state index contributed by atoms with van der Waals surface area (Å²) in [6, 6.07) is 10.8. The van der Waals surface area contributed by atoms with Crippen LogP contribution in [0.25, 0.3) is 0 Å². The summed E-state index contributed by atoms with van der Waals surface area (Å²) in [5, 5.41) is 16.4. The summed E-state index contributed by atoms with van der Waals surface area (Å²) in [6.07, 6.45) is -3.80. The second-order valence-corrected chi connectivity index (χ2v) is 6.15. The maximum Gasteiger partial charge on any atom is 0.418 e. The highest BCUT2D eigenvalue weighted by molar-refractivity contribution is 6.30. The SMILES string of the molecule is CC(=O)Nc1ccc(NC(=O)/C(C#N)=C\Nc2ccc(Cl)cc2C(F)(F)F)cc1. The fraction of sp³-hybridized carbons (Fsp3) is 0.105. The number of nitriles is 1. The highest BCUT2D eigenvalue weighted by Crippen LogP contribution is 2.36. The number of nitrogens with one attached hydrogen (secondary N) is 3. The van der Waals surface area contributed by atoms with Gasteiger partial charge in [-0.3, -0.25) is 9.59 Å². The predicted octanol–water partition coefficient (Wildman–Crippen LogP) is 4.78. The molecule has 0 unspecified atom stereocenters. The molecule has 0 spiro atoms. The molecular formula is C19H14ClF3N4O2. The van der Waals surface area contributed by atoms with Crippen LogP contribution in [-0.2, 0) is 15.8 Å². The van der Waals surface area contributed by atoms with E-state index in [0.717, 1.165) is 18.3 Å². The second kappa shape index (κ2) is 9.12. The van der Waals surface area contributed by atoms with Crippen LogP contribution in [0.3, 0.4) is 0 Å². The lowest BCUT2D eigenvalue weighted by molar-refractivity contribution is -0.137. The van der Waals surface area contributed by atoms with Crippen LogP contribution in [0.5, 0.6) is 0 Å². The Kier molecular flexibility index (Phi) is 6.85. The molecular weight excluding hydrogens is 409 g/mol. The van der Waals surface area contributed by atoms with E-state index in [2.05, 4.69) is 16.0 Å². The molecule has 0 atom stereocenters. The summed E-state index contributed by atoms with van der Waals surface area (Å²) in [6.45, 7) is 1.34. The van der Waals surface area contributed by atoms with E-state index in [-0.39, 0.29) is 16.6 Å². The summed E-state index contributed by atoms with van der Waals surface area (Å²) >= 11 is 5.61. The molecule has 150 valence electrons. The third-order valence-corrected chi connectivity index (χ3v) is 3.72. The van der Waals surface area contributed by atoms with Gasteiger partial charge in [-0.25, -0.2) is 0 Å². The number of anilines is 3. The van der Waals surface area contributed by atoms with Gasteiger partial charge in [-0.2, -0.15) is 18.4 Å². The summed E-state index contributed by atoms with van der Waals surface area (Å²) in [7, 11) is 0. The van der Waals surface area contributed by atoms with Gasteiger partial charge in [0.15, 0.2) is 0 Å². The molecule has 0 aliphatic heterocycles. The van der Waals surface area contributed by atoms with Crippen LogP contribution in [0.1, 0.15) is 12.5 Å². The van der Waals surface area contributed by atoms with E-state index in [1.165, 1.54) is 37.3 Å². The van der Waals surface area contributed by atoms with E-state index in [9.17, 15) is 22.8 Å². The lowest BCUT2D eigenvalue weighted by atomic mass is 10.1. The van der Waals surface area contributed by atoms with E-state index in [1.807, 2.05) is 0 Å². The number of rotatable bonds is 5. The van der Waals surface area contributed by atoms with E-state index in [0.29, 0.717) is 11.4 Å². The molecule has 2 aromatic carbocycles. The van der Waals surface area contributed by atoms with Crippen LogP contribution in [0.4, 0.5) is 30.2 Å². The standard InChI is InChI=1S/C19H14ClF3N4O2/c1-11(28)26-14-3-5-15(6-4-14)27-18(29)12(9-24)10-25-17-7-2-13(20)8-16(17)19(21,22)23/h2-8,10,25H,1H3,(H,26,28)(H,27,29)/b12-10-. The molecule has 0 fully saturated rings. The maximum absolute atomic E-state index is 13.1. The fourth-order valence-corrected chi connectivity index (χ4v) is 2.39. The highest BCUT2D eigenvalue weighted by Gasteiger charge is 2.33. The van der Waals surface area contributed by atoms with Crippen molar-refractivity contribution >= 4 is 40.5 Å². The van der Waals surface area contributed by atoms with Gasteiger partial charge in [-0.15, -0.1) is 0 Å². The lowest BCUT2D eigenvalue weighted by Gasteiger charge is -2.13. The second-order valence-electron chi connectivity index (χ2n) is 5.71. The van der Waals surface area contributed by atoms with Crippen LogP contribution in [-0.4, -0.2) is 11.8 Å². The number of halogens is 4. The smallest absolute Gasteiger partial charge is 0.360 e. The molecule has 2 amide bonds. The monoisotopic (exact) mass is 422 g/mol.